The van der Waals surface area contributed by atoms with Gasteiger partial charge in [-0.3, -0.25) is 0 Å². The van der Waals surface area contributed by atoms with Crippen LogP contribution in [-0.2, 0) is 10.8 Å². The standard InChI is InChI=1S/C12H14OS/c1-9(2)11(4)14(13)12-7-5-10(3)6-8-12/h5-8H,1,4H2,2-3H3. The first-order chi connectivity index (χ1) is 6.52. The average Bonchev–Trinajstić information content (AvgIpc) is 2.16. The Hall–Kier alpha value is -1.15. The van der Waals surface area contributed by atoms with E-state index in [1.165, 1.54) is 0 Å². The molecule has 0 aromatic heterocycles. The van der Waals surface area contributed by atoms with E-state index in [1.807, 2.05) is 38.1 Å². The first kappa shape index (κ1) is 10.9. The van der Waals surface area contributed by atoms with Crippen LogP contribution in [0.3, 0.4) is 0 Å². The maximum Gasteiger partial charge on any atom is 0.0846 e. The van der Waals surface area contributed by atoms with Crippen molar-refractivity contribution in [2.75, 3.05) is 0 Å². The van der Waals surface area contributed by atoms with Gasteiger partial charge < -0.3 is 0 Å². The Morgan fingerprint density at radius 1 is 1.21 bits per heavy atom. The normalized spacial score (nSPS) is 12.1. The van der Waals surface area contributed by atoms with Crippen molar-refractivity contribution in [3.8, 4) is 0 Å². The quantitative estimate of drug-likeness (QED) is 0.694. The molecule has 0 radical (unpaired) electrons. The van der Waals surface area contributed by atoms with Crippen molar-refractivity contribution in [3.63, 3.8) is 0 Å². The fraction of sp³-hybridized carbons (Fsp3) is 0.167. The zero-order valence-electron chi connectivity index (χ0n) is 8.54. The molecule has 0 aliphatic rings. The fourth-order valence-corrected chi connectivity index (χ4v) is 1.95. The highest BCUT2D eigenvalue weighted by Gasteiger charge is 2.07. The summed E-state index contributed by atoms with van der Waals surface area (Å²) in [5, 5.41) is 0. The van der Waals surface area contributed by atoms with Crippen LogP contribution in [0.15, 0.2) is 52.8 Å². The fourth-order valence-electron chi connectivity index (χ4n) is 0.962. The molecule has 0 aliphatic heterocycles. The molecule has 0 saturated carbocycles. The Balaban J connectivity index is 2.96. The lowest BCUT2D eigenvalue weighted by Crippen LogP contribution is -1.95. The zero-order chi connectivity index (χ0) is 10.7. The molecule has 0 spiro atoms. The monoisotopic (exact) mass is 206 g/mol. The van der Waals surface area contributed by atoms with E-state index in [4.69, 9.17) is 0 Å². The number of rotatable bonds is 3. The topological polar surface area (TPSA) is 17.1 Å². The Kier molecular flexibility index (Phi) is 3.42. The minimum absolute atomic E-state index is 0.592. The molecular weight excluding hydrogens is 192 g/mol. The minimum Gasteiger partial charge on any atom is -0.249 e. The molecule has 74 valence electrons. The molecule has 14 heavy (non-hydrogen) atoms. The van der Waals surface area contributed by atoms with Gasteiger partial charge in [0.1, 0.15) is 0 Å². The van der Waals surface area contributed by atoms with E-state index < -0.39 is 10.8 Å². The smallest absolute Gasteiger partial charge is 0.0846 e. The van der Waals surface area contributed by atoms with Crippen LogP contribution in [-0.4, -0.2) is 4.21 Å². The molecule has 1 rings (SSSR count). The summed E-state index contributed by atoms with van der Waals surface area (Å²) in [6, 6.07) is 7.61. The molecule has 1 atom stereocenters. The molecule has 0 aliphatic carbocycles. The average molecular weight is 206 g/mol. The van der Waals surface area contributed by atoms with E-state index in [2.05, 4.69) is 13.2 Å². The van der Waals surface area contributed by atoms with E-state index in [0.29, 0.717) is 4.91 Å². The second-order valence-corrected chi connectivity index (χ2v) is 4.79. The molecule has 1 unspecified atom stereocenters. The molecule has 0 N–H and O–H groups in total. The summed E-state index contributed by atoms with van der Waals surface area (Å²) in [5.74, 6) is 0. The lowest BCUT2D eigenvalue weighted by atomic mass is 10.2. The summed E-state index contributed by atoms with van der Waals surface area (Å²) in [7, 11) is -1.16. The number of hydrogen-bond acceptors (Lipinski definition) is 1. The highest BCUT2D eigenvalue weighted by molar-refractivity contribution is 7.89. The van der Waals surface area contributed by atoms with Crippen LogP contribution in [0, 0.1) is 6.92 Å². The Labute approximate surface area is 87.6 Å². The van der Waals surface area contributed by atoms with Crippen LogP contribution in [0.25, 0.3) is 0 Å². The van der Waals surface area contributed by atoms with Crippen LogP contribution < -0.4 is 0 Å². The van der Waals surface area contributed by atoms with Gasteiger partial charge in [0.15, 0.2) is 0 Å². The Morgan fingerprint density at radius 3 is 2.14 bits per heavy atom. The van der Waals surface area contributed by atoms with Gasteiger partial charge in [-0.15, -0.1) is 0 Å². The van der Waals surface area contributed by atoms with Crippen molar-refractivity contribution in [1.82, 2.24) is 0 Å². The van der Waals surface area contributed by atoms with Crippen molar-refractivity contribution in [1.29, 1.82) is 0 Å². The number of benzene rings is 1. The highest BCUT2D eigenvalue weighted by atomic mass is 32.2. The van der Waals surface area contributed by atoms with Crippen LogP contribution in [0.1, 0.15) is 12.5 Å². The van der Waals surface area contributed by atoms with Gasteiger partial charge in [0.05, 0.1) is 10.8 Å². The van der Waals surface area contributed by atoms with Crippen molar-refractivity contribution in [2.24, 2.45) is 0 Å². The SMILES string of the molecule is C=C(C)C(=C)S(=O)c1ccc(C)cc1. The molecular formula is C12H14OS. The maximum absolute atomic E-state index is 11.8. The van der Waals surface area contributed by atoms with Gasteiger partial charge in [-0.25, -0.2) is 4.21 Å². The molecule has 0 amide bonds. The van der Waals surface area contributed by atoms with Gasteiger partial charge in [0.25, 0.3) is 0 Å². The Morgan fingerprint density at radius 2 is 1.71 bits per heavy atom. The van der Waals surface area contributed by atoms with Gasteiger partial charge in [0, 0.05) is 9.80 Å². The minimum atomic E-state index is -1.16. The number of hydrogen-bond donors (Lipinski definition) is 0. The molecule has 1 aromatic carbocycles. The number of allylic oxidation sites excluding steroid dienone is 1. The summed E-state index contributed by atoms with van der Waals surface area (Å²) in [4.78, 5) is 1.37. The van der Waals surface area contributed by atoms with E-state index in [9.17, 15) is 4.21 Å². The molecule has 0 bridgehead atoms. The predicted octanol–water partition coefficient (Wildman–Crippen LogP) is 3.19. The first-order valence-corrected chi connectivity index (χ1v) is 5.50. The van der Waals surface area contributed by atoms with Crippen LogP contribution in [0.4, 0.5) is 0 Å². The predicted molar refractivity (Wildman–Crippen MR) is 61.5 cm³/mol. The maximum atomic E-state index is 11.8. The molecule has 2 heteroatoms. The molecule has 0 saturated heterocycles. The van der Waals surface area contributed by atoms with E-state index in [0.717, 1.165) is 16.0 Å². The third-order valence-electron chi connectivity index (χ3n) is 1.93. The van der Waals surface area contributed by atoms with Gasteiger partial charge >= 0.3 is 0 Å². The second kappa shape index (κ2) is 4.38. The Bertz CT molecular complexity index is 387. The summed E-state index contributed by atoms with van der Waals surface area (Å²) < 4.78 is 11.8. The second-order valence-electron chi connectivity index (χ2n) is 3.29. The van der Waals surface area contributed by atoms with Crippen molar-refractivity contribution in [3.05, 3.63) is 53.5 Å². The summed E-state index contributed by atoms with van der Waals surface area (Å²) >= 11 is 0. The van der Waals surface area contributed by atoms with Gasteiger partial charge in [-0.2, -0.15) is 0 Å². The van der Waals surface area contributed by atoms with E-state index in [-0.39, 0.29) is 0 Å². The van der Waals surface area contributed by atoms with Crippen molar-refractivity contribution >= 4 is 10.8 Å². The van der Waals surface area contributed by atoms with Crippen molar-refractivity contribution < 1.29 is 4.21 Å². The highest BCUT2D eigenvalue weighted by Crippen LogP contribution is 2.18. The summed E-state index contributed by atoms with van der Waals surface area (Å²) in [6.45, 7) is 11.3. The molecule has 1 aromatic rings. The largest absolute Gasteiger partial charge is 0.249 e. The first-order valence-electron chi connectivity index (χ1n) is 4.35. The molecule has 1 nitrogen and oxygen atoms in total. The van der Waals surface area contributed by atoms with E-state index in [1.54, 1.807) is 0 Å². The summed E-state index contributed by atoms with van der Waals surface area (Å²) in [5.41, 5.74) is 1.93. The van der Waals surface area contributed by atoms with Crippen LogP contribution in [0.2, 0.25) is 0 Å². The third kappa shape index (κ3) is 2.42. The third-order valence-corrected chi connectivity index (χ3v) is 3.43. The molecule has 0 heterocycles. The van der Waals surface area contributed by atoms with Crippen LogP contribution >= 0.6 is 0 Å². The molecule has 0 fully saturated rings. The van der Waals surface area contributed by atoms with Gasteiger partial charge in [-0.1, -0.05) is 30.9 Å². The lowest BCUT2D eigenvalue weighted by molar-refractivity contribution is 0.687. The van der Waals surface area contributed by atoms with E-state index >= 15 is 0 Å². The van der Waals surface area contributed by atoms with Gasteiger partial charge in [-0.05, 0) is 31.6 Å². The van der Waals surface area contributed by atoms with Crippen LogP contribution in [0.5, 0.6) is 0 Å². The summed E-state index contributed by atoms with van der Waals surface area (Å²) in [6.07, 6.45) is 0. The number of aryl methyl sites for hydroxylation is 1. The van der Waals surface area contributed by atoms with Crippen molar-refractivity contribution in [2.45, 2.75) is 18.7 Å². The zero-order valence-corrected chi connectivity index (χ0v) is 9.36. The lowest BCUT2D eigenvalue weighted by Gasteiger charge is -2.05. The van der Waals surface area contributed by atoms with Gasteiger partial charge in [0.2, 0.25) is 0 Å².